The van der Waals surface area contributed by atoms with Gasteiger partial charge >= 0.3 is 6.09 Å². The summed E-state index contributed by atoms with van der Waals surface area (Å²) in [7, 11) is 0. The fourth-order valence-corrected chi connectivity index (χ4v) is 2.30. The Morgan fingerprint density at radius 3 is 2.50 bits per heavy atom. The summed E-state index contributed by atoms with van der Waals surface area (Å²) in [5.41, 5.74) is 2.72. The summed E-state index contributed by atoms with van der Waals surface area (Å²) in [5, 5.41) is 13.7. The lowest BCUT2D eigenvalue weighted by Crippen LogP contribution is -2.41. The zero-order valence-corrected chi connectivity index (χ0v) is 11.5. The van der Waals surface area contributed by atoms with Gasteiger partial charge in [-0.25, -0.2) is 9.79 Å². The quantitative estimate of drug-likeness (QED) is 0.792. The summed E-state index contributed by atoms with van der Waals surface area (Å²) in [6, 6.07) is 16.6. The minimum atomic E-state index is -1.30. The van der Waals surface area contributed by atoms with Crippen molar-refractivity contribution in [2.75, 3.05) is 5.32 Å². The van der Waals surface area contributed by atoms with Crippen LogP contribution in [0.5, 0.6) is 0 Å². The van der Waals surface area contributed by atoms with E-state index < -0.39 is 18.2 Å². The van der Waals surface area contributed by atoms with Gasteiger partial charge in [0, 0.05) is 11.1 Å². The van der Waals surface area contributed by atoms with E-state index in [4.69, 9.17) is 5.11 Å². The number of fused-ring (bicyclic) bond motifs is 1. The Morgan fingerprint density at radius 2 is 1.77 bits per heavy atom. The molecule has 0 aliphatic carbocycles. The summed E-state index contributed by atoms with van der Waals surface area (Å²) in [4.78, 5) is 27.3. The van der Waals surface area contributed by atoms with Crippen LogP contribution in [-0.4, -0.2) is 29.0 Å². The highest BCUT2D eigenvalue weighted by atomic mass is 16.4. The van der Waals surface area contributed by atoms with E-state index >= 15 is 0 Å². The first-order valence-electron chi connectivity index (χ1n) is 6.68. The third-order valence-electron chi connectivity index (χ3n) is 3.25. The lowest BCUT2D eigenvalue weighted by molar-refractivity contribution is -0.117. The molecule has 0 fully saturated rings. The van der Waals surface area contributed by atoms with Crippen LogP contribution in [-0.2, 0) is 4.79 Å². The summed E-state index contributed by atoms with van der Waals surface area (Å²) in [6.45, 7) is 0. The molecule has 110 valence electrons. The second-order valence-electron chi connectivity index (χ2n) is 4.73. The molecule has 0 saturated carbocycles. The topological polar surface area (TPSA) is 90.8 Å². The Hall–Kier alpha value is -3.15. The van der Waals surface area contributed by atoms with Crippen LogP contribution in [0.25, 0.3) is 0 Å². The van der Waals surface area contributed by atoms with Crippen LogP contribution in [0.2, 0.25) is 0 Å². The zero-order valence-electron chi connectivity index (χ0n) is 11.5. The predicted octanol–water partition coefficient (Wildman–Crippen LogP) is 2.07. The third-order valence-corrected chi connectivity index (χ3v) is 3.25. The Bertz CT molecular complexity index is 756. The van der Waals surface area contributed by atoms with Gasteiger partial charge in [-0.3, -0.25) is 10.1 Å². The van der Waals surface area contributed by atoms with Crippen LogP contribution < -0.4 is 10.6 Å². The van der Waals surface area contributed by atoms with Gasteiger partial charge in [0.05, 0.1) is 11.4 Å². The summed E-state index contributed by atoms with van der Waals surface area (Å²) in [6.07, 6.45) is -2.50. The second-order valence-corrected chi connectivity index (χ2v) is 4.73. The Kier molecular flexibility index (Phi) is 3.57. The molecule has 6 heteroatoms. The molecule has 1 atom stereocenters. The van der Waals surface area contributed by atoms with E-state index in [2.05, 4.69) is 15.6 Å². The molecule has 6 nitrogen and oxygen atoms in total. The average Bonchev–Trinajstić information content (AvgIpc) is 2.65. The van der Waals surface area contributed by atoms with Crippen LogP contribution in [0.15, 0.2) is 59.6 Å². The molecule has 2 aromatic rings. The largest absolute Gasteiger partial charge is 0.465 e. The summed E-state index contributed by atoms with van der Waals surface area (Å²) >= 11 is 0. The summed E-state index contributed by atoms with van der Waals surface area (Å²) in [5.74, 6) is -0.513. The van der Waals surface area contributed by atoms with E-state index in [1.807, 2.05) is 42.5 Å². The molecule has 0 saturated heterocycles. The van der Waals surface area contributed by atoms with E-state index in [0.717, 1.165) is 11.1 Å². The number of hydrogen-bond acceptors (Lipinski definition) is 3. The lowest BCUT2D eigenvalue weighted by atomic mass is 10.0. The molecule has 0 aromatic heterocycles. The van der Waals surface area contributed by atoms with Crippen LogP contribution in [0, 0.1) is 0 Å². The van der Waals surface area contributed by atoms with Gasteiger partial charge in [0.15, 0.2) is 0 Å². The van der Waals surface area contributed by atoms with Crippen molar-refractivity contribution in [2.45, 2.75) is 6.17 Å². The SMILES string of the molecule is O=C(O)N[C@@H]1N=C(c2ccccc2)c2ccccc2NC1=O. The maximum absolute atomic E-state index is 12.1. The van der Waals surface area contributed by atoms with Crippen molar-refractivity contribution in [3.8, 4) is 0 Å². The second kappa shape index (κ2) is 5.69. The number of carbonyl (C=O) groups excluding carboxylic acids is 1. The molecule has 22 heavy (non-hydrogen) atoms. The van der Waals surface area contributed by atoms with Crippen LogP contribution in [0.3, 0.4) is 0 Å². The Balaban J connectivity index is 2.15. The van der Waals surface area contributed by atoms with E-state index in [0.29, 0.717) is 11.4 Å². The number of benzodiazepines with no additional fused rings is 1. The van der Waals surface area contributed by atoms with Crippen LogP contribution >= 0.6 is 0 Å². The Morgan fingerprint density at radius 1 is 1.09 bits per heavy atom. The molecular formula is C16H13N3O3. The van der Waals surface area contributed by atoms with E-state index in [1.165, 1.54) is 0 Å². The van der Waals surface area contributed by atoms with Gasteiger partial charge in [0.2, 0.25) is 6.17 Å². The van der Waals surface area contributed by atoms with Gasteiger partial charge < -0.3 is 10.4 Å². The van der Waals surface area contributed by atoms with Crippen molar-refractivity contribution < 1.29 is 14.7 Å². The smallest absolute Gasteiger partial charge is 0.406 e. The molecule has 0 spiro atoms. The number of nitrogens with one attached hydrogen (secondary N) is 2. The highest BCUT2D eigenvalue weighted by Gasteiger charge is 2.26. The molecule has 2 aromatic carbocycles. The van der Waals surface area contributed by atoms with Crippen molar-refractivity contribution in [1.29, 1.82) is 0 Å². The van der Waals surface area contributed by atoms with Gasteiger partial charge in [0.1, 0.15) is 0 Å². The van der Waals surface area contributed by atoms with Crippen LogP contribution in [0.1, 0.15) is 11.1 Å². The van der Waals surface area contributed by atoms with E-state index in [1.54, 1.807) is 12.1 Å². The van der Waals surface area contributed by atoms with Gasteiger partial charge in [-0.15, -0.1) is 0 Å². The van der Waals surface area contributed by atoms with Crippen molar-refractivity contribution in [3.63, 3.8) is 0 Å². The molecular weight excluding hydrogens is 282 g/mol. The molecule has 0 radical (unpaired) electrons. The van der Waals surface area contributed by atoms with Crippen LogP contribution in [0.4, 0.5) is 10.5 Å². The first-order valence-corrected chi connectivity index (χ1v) is 6.68. The van der Waals surface area contributed by atoms with E-state index in [9.17, 15) is 9.59 Å². The number of anilines is 1. The van der Waals surface area contributed by atoms with Gasteiger partial charge in [0.25, 0.3) is 5.91 Å². The van der Waals surface area contributed by atoms with Crippen molar-refractivity contribution >= 4 is 23.4 Å². The first-order chi connectivity index (χ1) is 10.6. The monoisotopic (exact) mass is 295 g/mol. The first kappa shape index (κ1) is 13.8. The number of rotatable bonds is 2. The predicted molar refractivity (Wildman–Crippen MR) is 82.1 cm³/mol. The minimum Gasteiger partial charge on any atom is -0.465 e. The third kappa shape index (κ3) is 2.67. The number of carboxylic acid groups (broad SMARTS) is 1. The van der Waals surface area contributed by atoms with Crippen molar-refractivity contribution in [2.24, 2.45) is 4.99 Å². The van der Waals surface area contributed by atoms with E-state index in [-0.39, 0.29) is 0 Å². The maximum Gasteiger partial charge on any atom is 0.406 e. The highest BCUT2D eigenvalue weighted by Crippen LogP contribution is 2.23. The number of para-hydroxylation sites is 1. The van der Waals surface area contributed by atoms with Gasteiger partial charge in [-0.1, -0.05) is 48.5 Å². The minimum absolute atomic E-state index is 0.513. The fraction of sp³-hybridized carbons (Fsp3) is 0.0625. The molecule has 3 rings (SSSR count). The standard InChI is InChI=1S/C16H13N3O3/c20-15-14(19-16(21)22)18-13(10-6-2-1-3-7-10)11-8-4-5-9-12(11)17-15/h1-9,14,19H,(H,17,20)(H,21,22)/t14-/m0/s1. The molecule has 1 heterocycles. The normalized spacial score (nSPS) is 16.8. The van der Waals surface area contributed by atoms with Crippen molar-refractivity contribution in [3.05, 3.63) is 65.7 Å². The molecule has 3 N–H and O–H groups in total. The zero-order chi connectivity index (χ0) is 15.5. The number of amides is 2. The molecule has 0 bridgehead atoms. The average molecular weight is 295 g/mol. The molecule has 2 amide bonds. The molecule has 1 aliphatic rings. The highest BCUT2D eigenvalue weighted by molar-refractivity contribution is 6.19. The lowest BCUT2D eigenvalue weighted by Gasteiger charge is -2.10. The summed E-state index contributed by atoms with van der Waals surface area (Å²) < 4.78 is 0. The molecule has 1 aliphatic heterocycles. The van der Waals surface area contributed by atoms with Gasteiger partial charge in [-0.05, 0) is 6.07 Å². The number of aliphatic imine (C=N–C) groups is 1. The number of carbonyl (C=O) groups is 2. The number of hydrogen-bond donors (Lipinski definition) is 3. The van der Waals surface area contributed by atoms with Crippen molar-refractivity contribution in [1.82, 2.24) is 5.32 Å². The number of benzene rings is 2. The van der Waals surface area contributed by atoms with Gasteiger partial charge in [-0.2, -0.15) is 0 Å². The number of nitrogens with zero attached hydrogens (tertiary/aromatic N) is 1. The fourth-order valence-electron chi connectivity index (χ4n) is 2.30. The maximum atomic E-state index is 12.1. The Labute approximate surface area is 126 Å². The molecule has 0 unspecified atom stereocenters.